The van der Waals surface area contributed by atoms with E-state index in [1.807, 2.05) is 65.6 Å². The minimum absolute atomic E-state index is 0.0302. The van der Waals surface area contributed by atoms with Gasteiger partial charge in [0.25, 0.3) is 0 Å². The molecular formula is C23H27N3O3. The van der Waals surface area contributed by atoms with Crippen molar-refractivity contribution >= 4 is 5.91 Å². The molecule has 0 radical (unpaired) electrons. The van der Waals surface area contributed by atoms with Crippen molar-refractivity contribution in [1.29, 1.82) is 0 Å². The van der Waals surface area contributed by atoms with Gasteiger partial charge in [0.15, 0.2) is 0 Å². The third-order valence-electron chi connectivity index (χ3n) is 4.37. The molecule has 2 aromatic carbocycles. The quantitative estimate of drug-likeness (QED) is 0.521. The molecule has 6 heteroatoms. The van der Waals surface area contributed by atoms with Gasteiger partial charge in [0, 0.05) is 25.1 Å². The fourth-order valence-corrected chi connectivity index (χ4v) is 2.97. The standard InChI is InChI=1S/C23H27N3O3/c1-18(2)15-26(22(27)17-28-16-19-9-5-3-6-10-19)14-13-21-24-23(25-29-21)20-11-7-4-8-12-20/h3-12,18H,13-17H2,1-2H3. The van der Waals surface area contributed by atoms with E-state index in [1.165, 1.54) is 0 Å². The number of amides is 1. The highest BCUT2D eigenvalue weighted by Gasteiger charge is 2.17. The Hall–Kier alpha value is -2.99. The number of aromatic nitrogens is 2. The van der Waals surface area contributed by atoms with Crippen LogP contribution in [0.3, 0.4) is 0 Å². The highest BCUT2D eigenvalue weighted by Crippen LogP contribution is 2.15. The Bertz CT molecular complexity index is 879. The van der Waals surface area contributed by atoms with Gasteiger partial charge in [-0.3, -0.25) is 4.79 Å². The molecule has 1 heterocycles. The summed E-state index contributed by atoms with van der Waals surface area (Å²) in [7, 11) is 0. The number of rotatable bonds is 10. The largest absolute Gasteiger partial charge is 0.367 e. The second kappa shape index (κ2) is 10.5. The molecule has 0 atom stereocenters. The van der Waals surface area contributed by atoms with Gasteiger partial charge in [-0.1, -0.05) is 79.7 Å². The maximum absolute atomic E-state index is 12.7. The first kappa shape index (κ1) is 20.7. The predicted molar refractivity (Wildman–Crippen MR) is 111 cm³/mol. The molecule has 6 nitrogen and oxygen atoms in total. The van der Waals surface area contributed by atoms with E-state index in [1.54, 1.807) is 0 Å². The van der Waals surface area contributed by atoms with E-state index in [0.29, 0.717) is 43.8 Å². The summed E-state index contributed by atoms with van der Waals surface area (Å²) < 4.78 is 11.0. The van der Waals surface area contributed by atoms with Crippen molar-refractivity contribution in [3.63, 3.8) is 0 Å². The molecule has 29 heavy (non-hydrogen) atoms. The van der Waals surface area contributed by atoms with Crippen molar-refractivity contribution in [3.8, 4) is 11.4 Å². The van der Waals surface area contributed by atoms with Gasteiger partial charge in [-0.25, -0.2) is 0 Å². The molecule has 0 fully saturated rings. The maximum Gasteiger partial charge on any atom is 0.248 e. The van der Waals surface area contributed by atoms with Gasteiger partial charge in [-0.05, 0) is 11.5 Å². The Labute approximate surface area is 171 Å². The first-order valence-corrected chi connectivity index (χ1v) is 9.89. The molecule has 152 valence electrons. The number of benzene rings is 2. The highest BCUT2D eigenvalue weighted by molar-refractivity contribution is 5.77. The lowest BCUT2D eigenvalue weighted by Gasteiger charge is -2.24. The Balaban J connectivity index is 1.53. The number of hydrogen-bond donors (Lipinski definition) is 0. The Morgan fingerprint density at radius 3 is 2.45 bits per heavy atom. The molecule has 0 unspecified atom stereocenters. The highest BCUT2D eigenvalue weighted by atomic mass is 16.5. The van der Waals surface area contributed by atoms with Crippen LogP contribution in [0, 0.1) is 5.92 Å². The van der Waals surface area contributed by atoms with Crippen LogP contribution in [0.5, 0.6) is 0 Å². The van der Waals surface area contributed by atoms with Gasteiger partial charge in [-0.2, -0.15) is 4.98 Å². The molecule has 0 bridgehead atoms. The third-order valence-corrected chi connectivity index (χ3v) is 4.37. The maximum atomic E-state index is 12.7. The average Bonchev–Trinajstić information content (AvgIpc) is 3.21. The van der Waals surface area contributed by atoms with Gasteiger partial charge in [0.05, 0.1) is 6.61 Å². The van der Waals surface area contributed by atoms with Crippen molar-refractivity contribution in [1.82, 2.24) is 15.0 Å². The molecule has 3 rings (SSSR count). The number of hydrogen-bond acceptors (Lipinski definition) is 5. The number of carbonyl (C=O) groups excluding carboxylic acids is 1. The normalized spacial score (nSPS) is 11.0. The zero-order valence-corrected chi connectivity index (χ0v) is 17.0. The molecule has 1 aromatic heterocycles. The summed E-state index contributed by atoms with van der Waals surface area (Å²) >= 11 is 0. The van der Waals surface area contributed by atoms with Crippen LogP contribution in [-0.4, -0.2) is 40.6 Å². The summed E-state index contributed by atoms with van der Waals surface area (Å²) in [5.74, 6) is 1.41. The summed E-state index contributed by atoms with van der Waals surface area (Å²) in [6.07, 6.45) is 0.511. The van der Waals surface area contributed by atoms with Crippen molar-refractivity contribution in [2.75, 3.05) is 19.7 Å². The second-order valence-electron chi connectivity index (χ2n) is 7.34. The van der Waals surface area contributed by atoms with E-state index in [0.717, 1.165) is 11.1 Å². The number of carbonyl (C=O) groups is 1. The summed E-state index contributed by atoms with van der Waals surface area (Å²) in [5.41, 5.74) is 1.96. The van der Waals surface area contributed by atoms with E-state index in [9.17, 15) is 4.79 Å². The molecule has 3 aromatic rings. The summed E-state index contributed by atoms with van der Waals surface area (Å²) in [6.45, 7) is 5.83. The lowest BCUT2D eigenvalue weighted by atomic mass is 10.2. The molecule has 0 N–H and O–H groups in total. The van der Waals surface area contributed by atoms with Crippen LogP contribution in [0.2, 0.25) is 0 Å². The smallest absolute Gasteiger partial charge is 0.248 e. The predicted octanol–water partition coefficient (Wildman–Crippen LogP) is 3.98. The summed E-state index contributed by atoms with van der Waals surface area (Å²) in [4.78, 5) is 18.9. The van der Waals surface area contributed by atoms with Crippen LogP contribution >= 0.6 is 0 Å². The molecule has 0 aliphatic rings. The number of ether oxygens (including phenoxy) is 1. The van der Waals surface area contributed by atoms with Crippen molar-refractivity contribution in [2.24, 2.45) is 5.92 Å². The second-order valence-corrected chi connectivity index (χ2v) is 7.34. The zero-order valence-electron chi connectivity index (χ0n) is 17.0. The zero-order chi connectivity index (χ0) is 20.5. The van der Waals surface area contributed by atoms with Crippen molar-refractivity contribution in [3.05, 3.63) is 72.1 Å². The van der Waals surface area contributed by atoms with Gasteiger partial charge >= 0.3 is 0 Å². The van der Waals surface area contributed by atoms with E-state index < -0.39 is 0 Å². The third kappa shape index (κ3) is 6.54. The summed E-state index contributed by atoms with van der Waals surface area (Å²) in [5, 5.41) is 4.04. The molecular weight excluding hydrogens is 366 g/mol. The fraction of sp³-hybridized carbons (Fsp3) is 0.348. The van der Waals surface area contributed by atoms with E-state index in [-0.39, 0.29) is 12.5 Å². The molecule has 0 saturated carbocycles. The minimum Gasteiger partial charge on any atom is -0.367 e. The van der Waals surface area contributed by atoms with Crippen LogP contribution in [-0.2, 0) is 22.6 Å². The average molecular weight is 393 g/mol. The Kier molecular flexibility index (Phi) is 7.53. The first-order valence-electron chi connectivity index (χ1n) is 9.89. The van der Waals surface area contributed by atoms with Crippen LogP contribution < -0.4 is 0 Å². The Morgan fingerprint density at radius 2 is 1.76 bits per heavy atom. The molecule has 0 aliphatic carbocycles. The van der Waals surface area contributed by atoms with Crippen molar-refractivity contribution < 1.29 is 14.1 Å². The topological polar surface area (TPSA) is 68.5 Å². The van der Waals surface area contributed by atoms with Gasteiger partial charge < -0.3 is 14.2 Å². The van der Waals surface area contributed by atoms with Gasteiger partial charge in [0.1, 0.15) is 6.61 Å². The monoisotopic (exact) mass is 393 g/mol. The summed E-state index contributed by atoms with van der Waals surface area (Å²) in [6, 6.07) is 19.5. The van der Waals surface area contributed by atoms with E-state index >= 15 is 0 Å². The first-order chi connectivity index (χ1) is 14.1. The van der Waals surface area contributed by atoms with E-state index in [4.69, 9.17) is 9.26 Å². The number of nitrogens with zero attached hydrogens (tertiary/aromatic N) is 3. The minimum atomic E-state index is -0.0302. The molecule has 0 saturated heterocycles. The van der Waals surface area contributed by atoms with Crippen molar-refractivity contribution in [2.45, 2.75) is 26.9 Å². The molecule has 0 spiro atoms. The van der Waals surface area contributed by atoms with Crippen LogP contribution in [0.25, 0.3) is 11.4 Å². The lowest BCUT2D eigenvalue weighted by molar-refractivity contribution is -0.137. The van der Waals surface area contributed by atoms with Crippen LogP contribution in [0.15, 0.2) is 65.2 Å². The van der Waals surface area contributed by atoms with Crippen LogP contribution in [0.4, 0.5) is 0 Å². The van der Waals surface area contributed by atoms with Crippen LogP contribution in [0.1, 0.15) is 25.3 Å². The van der Waals surface area contributed by atoms with Gasteiger partial charge in [0.2, 0.25) is 17.6 Å². The van der Waals surface area contributed by atoms with Gasteiger partial charge in [-0.15, -0.1) is 0 Å². The Morgan fingerprint density at radius 1 is 1.07 bits per heavy atom. The fourth-order valence-electron chi connectivity index (χ4n) is 2.97. The molecule has 0 aliphatic heterocycles. The van der Waals surface area contributed by atoms with E-state index in [2.05, 4.69) is 24.0 Å². The lowest BCUT2D eigenvalue weighted by Crippen LogP contribution is -2.38. The molecule has 1 amide bonds. The SMILES string of the molecule is CC(C)CN(CCc1nc(-c2ccccc2)no1)C(=O)COCc1ccccc1.